The van der Waals surface area contributed by atoms with E-state index in [4.69, 9.17) is 43.6 Å². The molecule has 2 aromatic carbocycles. The molecule has 0 heterocycles. The predicted octanol–water partition coefficient (Wildman–Crippen LogP) is -0.126. The van der Waals surface area contributed by atoms with Gasteiger partial charge in [-0.2, -0.15) is 9.59 Å². The summed E-state index contributed by atoms with van der Waals surface area (Å²) in [5.74, 6) is 0.644. The van der Waals surface area contributed by atoms with Gasteiger partial charge < -0.3 is 45.8 Å². The molecule has 6 N–H and O–H groups in total. The number of aromatic hydroxyl groups is 2. The van der Waals surface area contributed by atoms with Crippen molar-refractivity contribution in [2.75, 3.05) is 0 Å². The van der Waals surface area contributed by atoms with Gasteiger partial charge in [0, 0.05) is 102 Å². The molecule has 0 unspecified atom stereocenters. The predicted molar refractivity (Wildman–Crippen MR) is 99.6 cm³/mol. The number of para-hydroxylation sites is 2. The van der Waals surface area contributed by atoms with Gasteiger partial charge in [0.05, 0.1) is 0 Å². The first-order valence-electron chi connectivity index (χ1n) is 5.82. The van der Waals surface area contributed by atoms with Gasteiger partial charge in [0.25, 0.3) is 0 Å². The Morgan fingerprint density at radius 2 is 0.639 bits per heavy atom. The monoisotopic (exact) mass is 764 g/mol. The van der Waals surface area contributed by atoms with Crippen molar-refractivity contribution in [1.82, 2.24) is 0 Å². The van der Waals surface area contributed by atoms with E-state index in [9.17, 15) is 0 Å². The molecule has 2 aromatic rings. The summed E-state index contributed by atoms with van der Waals surface area (Å²) in [6, 6.07) is 17.4. The first-order valence-corrected chi connectivity index (χ1v) is 5.82. The van der Waals surface area contributed by atoms with E-state index in [0.717, 1.165) is 0 Å². The number of carbonyl (C=O) groups excluding carboxylic acids is 6. The molecule has 0 aromatic heterocycles. The van der Waals surface area contributed by atoms with Gasteiger partial charge in [0.2, 0.25) is 0 Å². The quantitative estimate of drug-likeness (QED) is 0.156. The van der Waals surface area contributed by atoms with Crippen LogP contribution in [0.1, 0.15) is 0 Å². The molecule has 0 amide bonds. The molecular formula is C18H20Fe6O12-6. The Balaban J connectivity index is -0.0000000112. The van der Waals surface area contributed by atoms with Crippen LogP contribution in [0.3, 0.4) is 0 Å². The Bertz CT molecular complexity index is 507. The molecule has 0 saturated carbocycles. The zero-order valence-corrected chi connectivity index (χ0v) is 24.0. The molecule has 0 spiro atoms. The molecule has 0 radical (unpaired) electrons. The summed E-state index contributed by atoms with van der Waals surface area (Å²) in [5, 5.41) is 17.3. The van der Waals surface area contributed by atoms with Crippen molar-refractivity contribution < 1.29 is 162 Å². The van der Waals surface area contributed by atoms with Crippen molar-refractivity contribution in [3.05, 3.63) is 67.3 Å². The number of rotatable bonds is 0. The van der Waals surface area contributed by atoms with E-state index in [1.807, 2.05) is 12.1 Å². The second kappa shape index (κ2) is 145. The van der Waals surface area contributed by atoms with Crippen molar-refractivity contribution in [2.24, 2.45) is 0 Å². The molecule has 0 aliphatic rings. The fraction of sp³-hybridized carbons (Fsp3) is 0. The summed E-state index contributed by atoms with van der Waals surface area (Å²) in [6.07, 6.45) is 0.250. The van der Waals surface area contributed by atoms with Crippen LogP contribution in [-0.2, 0) is 136 Å². The van der Waals surface area contributed by atoms with Gasteiger partial charge in [0.1, 0.15) is 11.5 Å². The molecule has 18 heteroatoms. The first kappa shape index (κ1) is 101. The molecule has 12 nitrogen and oxygen atoms in total. The fourth-order valence-electron chi connectivity index (χ4n) is 0.856. The second-order valence-corrected chi connectivity index (χ2v) is 2.75. The van der Waals surface area contributed by atoms with E-state index in [2.05, 4.69) is 33.8 Å². The van der Waals surface area contributed by atoms with Crippen LogP contribution >= 0.6 is 0 Å². The van der Waals surface area contributed by atoms with Gasteiger partial charge in [0.15, 0.2) is 0 Å². The molecule has 0 bridgehead atoms. The topological polar surface area (TPSA) is 254 Å². The molecule has 36 heavy (non-hydrogen) atoms. The Kier molecular flexibility index (Phi) is 410. The summed E-state index contributed by atoms with van der Waals surface area (Å²) in [4.78, 5) is 47.2. The summed E-state index contributed by atoms with van der Waals surface area (Å²) < 4.78 is 7.50. The molecule has 0 saturated heterocycles. The molecule has 0 aliphatic heterocycles. The summed E-state index contributed by atoms with van der Waals surface area (Å²) in [5.41, 5.74) is 0. The maximum atomic E-state index is 8.63. The third kappa shape index (κ3) is 151. The average molecular weight is 763 g/mol. The smallest absolute Gasteiger partial charge is 0 e. The van der Waals surface area contributed by atoms with Crippen molar-refractivity contribution in [3.8, 4) is 11.5 Å². The van der Waals surface area contributed by atoms with Crippen molar-refractivity contribution in [3.63, 3.8) is 0 Å². The standard InChI is InChI=1S/2C6H6O.CO2.4CHO.CO.6Fe.3H2O/c2*7-6-4-2-1-3-5-6;2-1-3;5*1-2;;;;;;;;;/h2*1-5,7H;;4*1H;;;;;;;;3*1H2/q;;;4*-1;;;;;;;;;;/p-2. The molecule has 218 valence electrons. The molecular weight excluding hydrogens is 743 g/mol. The molecule has 0 fully saturated rings. The maximum Gasteiger partial charge on any atom is 0 e. The average Bonchev–Trinajstić information content (AvgIpc) is 2.77. The Labute approximate surface area is 272 Å². The van der Waals surface area contributed by atoms with Crippen LogP contribution in [-0.4, -0.2) is 59.9 Å². The normalized spacial score (nSPS) is 4.06. The molecule has 0 atom stereocenters. The first-order chi connectivity index (χ1) is 13.2. The van der Waals surface area contributed by atoms with Gasteiger partial charge in [-0.25, -0.2) is 0 Å². The van der Waals surface area contributed by atoms with E-state index in [1.54, 1.807) is 48.5 Å². The Morgan fingerprint density at radius 1 is 0.528 bits per heavy atom. The van der Waals surface area contributed by atoms with E-state index in [-0.39, 0.29) is 125 Å². The van der Waals surface area contributed by atoms with Crippen molar-refractivity contribution in [1.29, 1.82) is 0 Å². The van der Waals surface area contributed by atoms with Gasteiger partial charge in [-0.3, -0.25) is 27.2 Å². The van der Waals surface area contributed by atoms with E-state index < -0.39 is 0 Å². The number of phenols is 2. The number of hydrogen-bond donors (Lipinski definition) is 2. The summed E-state index contributed by atoms with van der Waals surface area (Å²) >= 11 is 0. The minimum atomic E-state index is 0. The fourth-order valence-corrected chi connectivity index (χ4v) is 0.856. The van der Waals surface area contributed by atoms with E-state index >= 15 is 0 Å². The van der Waals surface area contributed by atoms with E-state index in [1.165, 1.54) is 0 Å². The van der Waals surface area contributed by atoms with Gasteiger partial charge >= 0.3 is 17.5 Å². The number of hydrogen-bond acceptors (Lipinski definition) is 10. The Morgan fingerprint density at radius 3 is 0.694 bits per heavy atom. The summed E-state index contributed by atoms with van der Waals surface area (Å²) in [7, 11) is 0. The minimum Gasteiger partial charge on any atom is -0.870 e. The third-order valence-corrected chi connectivity index (χ3v) is 1.51. The minimum absolute atomic E-state index is 0. The SMILES string of the molecule is O.O=C=O.Oc1ccccc1.Oc1ccccc1.[C-]#[O+].[CH-]=O.[CH-]=O.[CH-]=O.[CH-]=O.[Fe].[Fe].[Fe].[Fe].[Fe].[Fe].[OH-].[OH-]. The van der Waals surface area contributed by atoms with Crippen LogP contribution in [0.4, 0.5) is 0 Å². The van der Waals surface area contributed by atoms with Gasteiger partial charge in [-0.15, -0.1) is 0 Å². The van der Waals surface area contributed by atoms with Gasteiger partial charge in [-0.05, 0) is 24.3 Å². The van der Waals surface area contributed by atoms with Gasteiger partial charge in [-0.1, -0.05) is 36.4 Å². The van der Waals surface area contributed by atoms with Crippen molar-refractivity contribution in [2.45, 2.75) is 0 Å². The van der Waals surface area contributed by atoms with Crippen LogP contribution in [0.5, 0.6) is 11.5 Å². The zero-order valence-electron chi connectivity index (χ0n) is 17.4. The van der Waals surface area contributed by atoms with Crippen LogP contribution in [0, 0.1) is 6.65 Å². The van der Waals surface area contributed by atoms with E-state index in [0.29, 0.717) is 11.5 Å². The maximum absolute atomic E-state index is 8.63. The van der Waals surface area contributed by atoms with Crippen LogP contribution < -0.4 is 0 Å². The second-order valence-electron chi connectivity index (χ2n) is 2.75. The molecule has 2 rings (SSSR count). The third-order valence-electron chi connectivity index (χ3n) is 1.51. The zero-order chi connectivity index (χ0) is 22.9. The number of phenolic OH excluding ortho intramolecular Hbond substituents is 2. The van der Waals surface area contributed by atoms with Crippen LogP contribution in [0.15, 0.2) is 60.7 Å². The summed E-state index contributed by atoms with van der Waals surface area (Å²) in [6.45, 7) is 17.5. The van der Waals surface area contributed by atoms with Crippen LogP contribution in [0.25, 0.3) is 0 Å². The van der Waals surface area contributed by atoms with Crippen molar-refractivity contribution >= 4 is 33.3 Å². The molecule has 0 aliphatic carbocycles. The van der Waals surface area contributed by atoms with Crippen LogP contribution in [0.2, 0.25) is 0 Å². The Hall–Kier alpha value is -1.16. The largest absolute Gasteiger partial charge is 0.870 e. The number of benzene rings is 2.